The molecule has 2 atom stereocenters. The Hall–Kier alpha value is -0.610. The van der Waals surface area contributed by atoms with E-state index in [-0.39, 0.29) is 11.9 Å². The van der Waals surface area contributed by atoms with Crippen LogP contribution in [-0.4, -0.2) is 49.1 Å². The van der Waals surface area contributed by atoms with Gasteiger partial charge in [0, 0.05) is 31.7 Å². The maximum Gasteiger partial charge on any atom is 0.234 e. The van der Waals surface area contributed by atoms with Crippen LogP contribution in [0.4, 0.5) is 0 Å². The average molecular weight is 227 g/mol. The first-order valence-electron chi connectivity index (χ1n) is 6.25. The predicted molar refractivity (Wildman–Crippen MR) is 66.3 cm³/mol. The SMILES string of the molecule is CC(C)C(C)NC(=O)CN1CCNC[C@H]1C. The molecule has 0 bridgehead atoms. The number of rotatable bonds is 4. The molecule has 94 valence electrons. The minimum Gasteiger partial charge on any atom is -0.352 e. The number of hydrogen-bond donors (Lipinski definition) is 2. The van der Waals surface area contributed by atoms with E-state index in [1.165, 1.54) is 0 Å². The molecule has 1 aliphatic heterocycles. The van der Waals surface area contributed by atoms with E-state index in [4.69, 9.17) is 0 Å². The summed E-state index contributed by atoms with van der Waals surface area (Å²) < 4.78 is 0. The molecule has 0 spiro atoms. The summed E-state index contributed by atoms with van der Waals surface area (Å²) in [5.41, 5.74) is 0. The van der Waals surface area contributed by atoms with Gasteiger partial charge in [0.15, 0.2) is 0 Å². The van der Waals surface area contributed by atoms with Gasteiger partial charge in [0.1, 0.15) is 0 Å². The summed E-state index contributed by atoms with van der Waals surface area (Å²) in [4.78, 5) is 14.0. The summed E-state index contributed by atoms with van der Waals surface area (Å²) in [5, 5.41) is 6.37. The number of hydrogen-bond acceptors (Lipinski definition) is 3. The number of carbonyl (C=O) groups excluding carboxylic acids is 1. The average Bonchev–Trinajstić information content (AvgIpc) is 2.21. The van der Waals surface area contributed by atoms with E-state index in [1.807, 2.05) is 0 Å². The van der Waals surface area contributed by atoms with Gasteiger partial charge in [0.05, 0.1) is 6.54 Å². The van der Waals surface area contributed by atoms with Crippen molar-refractivity contribution in [3.8, 4) is 0 Å². The smallest absolute Gasteiger partial charge is 0.234 e. The summed E-state index contributed by atoms with van der Waals surface area (Å²) in [5.74, 6) is 0.638. The van der Waals surface area contributed by atoms with E-state index >= 15 is 0 Å². The minimum absolute atomic E-state index is 0.148. The van der Waals surface area contributed by atoms with Gasteiger partial charge in [-0.15, -0.1) is 0 Å². The second-order valence-electron chi connectivity index (χ2n) is 5.12. The first-order valence-corrected chi connectivity index (χ1v) is 6.25. The van der Waals surface area contributed by atoms with Gasteiger partial charge in [-0.25, -0.2) is 0 Å². The van der Waals surface area contributed by atoms with Crippen molar-refractivity contribution in [3.05, 3.63) is 0 Å². The van der Waals surface area contributed by atoms with Gasteiger partial charge in [-0.2, -0.15) is 0 Å². The zero-order chi connectivity index (χ0) is 12.1. The van der Waals surface area contributed by atoms with E-state index in [1.54, 1.807) is 0 Å². The fourth-order valence-corrected chi connectivity index (χ4v) is 1.77. The molecule has 16 heavy (non-hydrogen) atoms. The number of carbonyl (C=O) groups is 1. The standard InChI is InChI=1S/C12H25N3O/c1-9(2)11(4)14-12(16)8-15-6-5-13-7-10(15)3/h9-11,13H,5-8H2,1-4H3,(H,14,16)/t10-,11?/m1/s1. The molecule has 0 aliphatic carbocycles. The van der Waals surface area contributed by atoms with Crippen molar-refractivity contribution < 1.29 is 4.79 Å². The van der Waals surface area contributed by atoms with Gasteiger partial charge < -0.3 is 10.6 Å². The molecule has 1 fully saturated rings. The first kappa shape index (κ1) is 13.5. The Morgan fingerprint density at radius 3 is 2.75 bits per heavy atom. The molecule has 4 heteroatoms. The maximum atomic E-state index is 11.8. The molecule has 2 N–H and O–H groups in total. The molecule has 0 aromatic heterocycles. The lowest BCUT2D eigenvalue weighted by molar-refractivity contribution is -0.123. The predicted octanol–water partition coefficient (Wildman–Crippen LogP) is 0.441. The quantitative estimate of drug-likeness (QED) is 0.732. The zero-order valence-electron chi connectivity index (χ0n) is 10.9. The second-order valence-corrected chi connectivity index (χ2v) is 5.12. The van der Waals surface area contributed by atoms with Crippen LogP contribution in [-0.2, 0) is 4.79 Å². The van der Waals surface area contributed by atoms with Crippen molar-refractivity contribution in [2.75, 3.05) is 26.2 Å². The van der Waals surface area contributed by atoms with Crippen LogP contribution >= 0.6 is 0 Å². The summed E-state index contributed by atoms with van der Waals surface area (Å²) in [6.07, 6.45) is 0. The van der Waals surface area contributed by atoms with Gasteiger partial charge in [-0.1, -0.05) is 13.8 Å². The van der Waals surface area contributed by atoms with Crippen molar-refractivity contribution in [1.29, 1.82) is 0 Å². The number of amides is 1. The van der Waals surface area contributed by atoms with Crippen LogP contribution in [0, 0.1) is 5.92 Å². The van der Waals surface area contributed by atoms with Gasteiger partial charge >= 0.3 is 0 Å². The van der Waals surface area contributed by atoms with Crippen LogP contribution in [0.5, 0.6) is 0 Å². The van der Waals surface area contributed by atoms with Crippen molar-refractivity contribution in [2.24, 2.45) is 5.92 Å². The maximum absolute atomic E-state index is 11.8. The van der Waals surface area contributed by atoms with E-state index in [0.717, 1.165) is 19.6 Å². The molecular weight excluding hydrogens is 202 g/mol. The van der Waals surface area contributed by atoms with Crippen molar-refractivity contribution in [2.45, 2.75) is 39.8 Å². The van der Waals surface area contributed by atoms with Crippen LogP contribution in [0.3, 0.4) is 0 Å². The van der Waals surface area contributed by atoms with Gasteiger partial charge in [-0.05, 0) is 19.8 Å². The van der Waals surface area contributed by atoms with Gasteiger partial charge in [-0.3, -0.25) is 9.69 Å². The van der Waals surface area contributed by atoms with Gasteiger partial charge in [0.25, 0.3) is 0 Å². The topological polar surface area (TPSA) is 44.4 Å². The Morgan fingerprint density at radius 2 is 2.19 bits per heavy atom. The Balaban J connectivity index is 2.32. The summed E-state index contributed by atoms with van der Waals surface area (Å²) >= 11 is 0. The molecule has 0 saturated carbocycles. The lowest BCUT2D eigenvalue weighted by Gasteiger charge is -2.33. The Labute approximate surface area is 98.8 Å². The number of nitrogens with one attached hydrogen (secondary N) is 2. The largest absolute Gasteiger partial charge is 0.352 e. The van der Waals surface area contributed by atoms with Crippen LogP contribution in [0.1, 0.15) is 27.7 Å². The Kier molecular flexibility index (Phi) is 5.22. The van der Waals surface area contributed by atoms with E-state index < -0.39 is 0 Å². The van der Waals surface area contributed by atoms with Crippen molar-refractivity contribution in [3.63, 3.8) is 0 Å². The molecule has 0 aromatic rings. The molecule has 1 amide bonds. The lowest BCUT2D eigenvalue weighted by Crippen LogP contribution is -2.53. The molecular formula is C12H25N3O. The Morgan fingerprint density at radius 1 is 1.50 bits per heavy atom. The normalized spacial score (nSPS) is 24.4. The van der Waals surface area contributed by atoms with Crippen LogP contribution in [0.2, 0.25) is 0 Å². The molecule has 4 nitrogen and oxygen atoms in total. The van der Waals surface area contributed by atoms with Crippen molar-refractivity contribution in [1.82, 2.24) is 15.5 Å². The van der Waals surface area contributed by atoms with E-state index in [9.17, 15) is 4.79 Å². The molecule has 1 aliphatic rings. The fraction of sp³-hybridized carbons (Fsp3) is 0.917. The Bertz CT molecular complexity index is 230. The van der Waals surface area contributed by atoms with Crippen LogP contribution in [0.15, 0.2) is 0 Å². The minimum atomic E-state index is 0.148. The highest BCUT2D eigenvalue weighted by atomic mass is 16.2. The van der Waals surface area contributed by atoms with Crippen LogP contribution < -0.4 is 10.6 Å². The molecule has 1 unspecified atom stereocenters. The highest BCUT2D eigenvalue weighted by Crippen LogP contribution is 2.03. The fourth-order valence-electron chi connectivity index (χ4n) is 1.77. The molecule has 0 aromatic carbocycles. The second kappa shape index (κ2) is 6.21. The van der Waals surface area contributed by atoms with Crippen molar-refractivity contribution >= 4 is 5.91 Å². The zero-order valence-corrected chi connectivity index (χ0v) is 10.9. The molecule has 1 saturated heterocycles. The first-order chi connectivity index (χ1) is 7.50. The third-order valence-electron chi connectivity index (χ3n) is 3.37. The number of piperazine rings is 1. The summed E-state index contributed by atoms with van der Waals surface area (Å²) in [7, 11) is 0. The van der Waals surface area contributed by atoms with Crippen LogP contribution in [0.25, 0.3) is 0 Å². The lowest BCUT2D eigenvalue weighted by atomic mass is 10.1. The summed E-state index contributed by atoms with van der Waals surface area (Å²) in [6.45, 7) is 11.9. The third kappa shape index (κ3) is 4.10. The third-order valence-corrected chi connectivity index (χ3v) is 3.37. The monoisotopic (exact) mass is 227 g/mol. The van der Waals surface area contributed by atoms with E-state index in [2.05, 4.69) is 43.2 Å². The highest BCUT2D eigenvalue weighted by Gasteiger charge is 2.21. The molecule has 1 heterocycles. The van der Waals surface area contributed by atoms with E-state index in [0.29, 0.717) is 18.5 Å². The molecule has 0 radical (unpaired) electrons. The van der Waals surface area contributed by atoms with Gasteiger partial charge in [0.2, 0.25) is 5.91 Å². The molecule has 1 rings (SSSR count). The highest BCUT2D eigenvalue weighted by molar-refractivity contribution is 5.78. The summed E-state index contributed by atoms with van der Waals surface area (Å²) in [6, 6.07) is 0.708. The number of nitrogens with zero attached hydrogens (tertiary/aromatic N) is 1.